The van der Waals surface area contributed by atoms with Crippen LogP contribution in [0.4, 0.5) is 5.69 Å². The van der Waals surface area contributed by atoms with Crippen LogP contribution in [0, 0.1) is 5.92 Å². The summed E-state index contributed by atoms with van der Waals surface area (Å²) in [5.41, 5.74) is 1.44. The van der Waals surface area contributed by atoms with Crippen molar-refractivity contribution >= 4 is 40.9 Å². The molecule has 1 saturated heterocycles. The zero-order chi connectivity index (χ0) is 21.6. The molecule has 2 amide bonds. The minimum atomic E-state index is -0.107. The van der Waals surface area contributed by atoms with Gasteiger partial charge in [0.15, 0.2) is 0 Å². The number of benzene rings is 3. The van der Waals surface area contributed by atoms with Crippen LogP contribution in [0.2, 0.25) is 5.02 Å². The Kier molecular flexibility index (Phi) is 6.95. The van der Waals surface area contributed by atoms with E-state index in [2.05, 4.69) is 17.4 Å². The first kappa shape index (κ1) is 21.5. The van der Waals surface area contributed by atoms with Gasteiger partial charge < -0.3 is 10.2 Å². The molecule has 0 bridgehead atoms. The summed E-state index contributed by atoms with van der Waals surface area (Å²) >= 11 is 7.54. The van der Waals surface area contributed by atoms with Gasteiger partial charge in [0.2, 0.25) is 5.91 Å². The Hall–Kier alpha value is -2.76. The largest absolute Gasteiger partial charge is 0.339 e. The lowest BCUT2D eigenvalue weighted by Crippen LogP contribution is -2.41. The van der Waals surface area contributed by atoms with E-state index in [1.807, 2.05) is 47.4 Å². The van der Waals surface area contributed by atoms with Crippen LogP contribution in [0.15, 0.2) is 88.7 Å². The van der Waals surface area contributed by atoms with Crippen molar-refractivity contribution in [2.24, 2.45) is 5.92 Å². The number of hydrogen-bond acceptors (Lipinski definition) is 3. The van der Waals surface area contributed by atoms with E-state index in [1.165, 1.54) is 0 Å². The van der Waals surface area contributed by atoms with Gasteiger partial charge in [0.25, 0.3) is 5.91 Å². The molecule has 3 aromatic carbocycles. The van der Waals surface area contributed by atoms with E-state index in [9.17, 15) is 9.59 Å². The van der Waals surface area contributed by atoms with Crippen molar-refractivity contribution in [1.82, 2.24) is 4.90 Å². The molecule has 1 N–H and O–H groups in total. The Bertz CT molecular complexity index is 1050. The molecular weight excluding hydrogens is 428 g/mol. The van der Waals surface area contributed by atoms with Crippen LogP contribution >= 0.6 is 23.4 Å². The van der Waals surface area contributed by atoms with Crippen LogP contribution in [0.25, 0.3) is 0 Å². The molecule has 0 saturated carbocycles. The van der Waals surface area contributed by atoms with Crippen molar-refractivity contribution in [1.29, 1.82) is 0 Å². The third kappa shape index (κ3) is 5.49. The second kappa shape index (κ2) is 10.0. The van der Waals surface area contributed by atoms with Crippen molar-refractivity contribution in [3.05, 3.63) is 89.4 Å². The number of piperidine rings is 1. The molecule has 1 aliphatic heterocycles. The molecule has 6 heteroatoms. The highest BCUT2D eigenvalue weighted by Gasteiger charge is 2.28. The van der Waals surface area contributed by atoms with Crippen molar-refractivity contribution in [3.8, 4) is 0 Å². The van der Waals surface area contributed by atoms with Gasteiger partial charge in [-0.15, -0.1) is 0 Å². The molecule has 158 valence electrons. The Morgan fingerprint density at radius 1 is 0.871 bits per heavy atom. The quantitative estimate of drug-likeness (QED) is 0.520. The summed E-state index contributed by atoms with van der Waals surface area (Å²) in [6.45, 7) is 1.14. The summed E-state index contributed by atoms with van der Waals surface area (Å²) in [7, 11) is 0. The SMILES string of the molecule is O=C(Nc1ccccc1Sc1ccccc1)C1CCN(C(=O)c2ccc(Cl)cc2)CC1. The van der Waals surface area contributed by atoms with Gasteiger partial charge in [-0.1, -0.05) is 53.7 Å². The number of hydrogen-bond donors (Lipinski definition) is 1. The second-order valence-corrected chi connectivity index (χ2v) is 9.03. The monoisotopic (exact) mass is 450 g/mol. The molecule has 1 fully saturated rings. The smallest absolute Gasteiger partial charge is 0.253 e. The summed E-state index contributed by atoms with van der Waals surface area (Å²) in [5, 5.41) is 3.71. The number of para-hydroxylation sites is 1. The van der Waals surface area contributed by atoms with Gasteiger partial charge in [-0.25, -0.2) is 0 Å². The molecule has 0 atom stereocenters. The van der Waals surface area contributed by atoms with Crippen molar-refractivity contribution < 1.29 is 9.59 Å². The van der Waals surface area contributed by atoms with Crippen molar-refractivity contribution in [2.45, 2.75) is 22.6 Å². The van der Waals surface area contributed by atoms with Gasteiger partial charge in [0, 0.05) is 39.4 Å². The predicted octanol–water partition coefficient (Wildman–Crippen LogP) is 5.98. The molecular formula is C25H23ClN2O2S. The van der Waals surface area contributed by atoms with Crippen LogP contribution in [-0.4, -0.2) is 29.8 Å². The lowest BCUT2D eigenvalue weighted by Gasteiger charge is -2.31. The zero-order valence-corrected chi connectivity index (χ0v) is 18.5. The number of likely N-dealkylation sites (tertiary alicyclic amines) is 1. The molecule has 31 heavy (non-hydrogen) atoms. The maximum absolute atomic E-state index is 12.9. The molecule has 1 heterocycles. The Balaban J connectivity index is 1.35. The second-order valence-electron chi connectivity index (χ2n) is 7.47. The number of nitrogens with zero attached hydrogens (tertiary/aromatic N) is 1. The van der Waals surface area contributed by atoms with Crippen molar-refractivity contribution in [3.63, 3.8) is 0 Å². The number of anilines is 1. The zero-order valence-electron chi connectivity index (χ0n) is 17.0. The van der Waals surface area contributed by atoms with Crippen LogP contribution in [0.1, 0.15) is 23.2 Å². The maximum atomic E-state index is 12.9. The minimum Gasteiger partial charge on any atom is -0.339 e. The Labute approximate surface area is 191 Å². The maximum Gasteiger partial charge on any atom is 0.253 e. The van der Waals surface area contributed by atoms with E-state index >= 15 is 0 Å². The van der Waals surface area contributed by atoms with E-state index in [0.29, 0.717) is 36.5 Å². The van der Waals surface area contributed by atoms with Gasteiger partial charge >= 0.3 is 0 Å². The van der Waals surface area contributed by atoms with E-state index in [1.54, 1.807) is 36.0 Å². The number of halogens is 1. The molecule has 3 aromatic rings. The van der Waals surface area contributed by atoms with Gasteiger partial charge in [-0.05, 0) is 61.4 Å². The highest BCUT2D eigenvalue weighted by molar-refractivity contribution is 7.99. The van der Waals surface area contributed by atoms with E-state index in [0.717, 1.165) is 15.5 Å². The highest BCUT2D eigenvalue weighted by Crippen LogP contribution is 2.33. The number of rotatable bonds is 5. The first-order valence-electron chi connectivity index (χ1n) is 10.3. The summed E-state index contributed by atoms with van der Waals surface area (Å²) in [4.78, 5) is 29.5. The molecule has 0 aliphatic carbocycles. The minimum absolute atomic E-state index is 0.0136. The average molecular weight is 451 g/mol. The van der Waals surface area contributed by atoms with E-state index in [-0.39, 0.29) is 17.7 Å². The van der Waals surface area contributed by atoms with Gasteiger partial charge in [0.1, 0.15) is 0 Å². The van der Waals surface area contributed by atoms with Gasteiger partial charge in [0.05, 0.1) is 5.69 Å². The van der Waals surface area contributed by atoms with Crippen molar-refractivity contribution in [2.75, 3.05) is 18.4 Å². The molecule has 4 nitrogen and oxygen atoms in total. The Morgan fingerprint density at radius 3 is 2.23 bits per heavy atom. The highest BCUT2D eigenvalue weighted by atomic mass is 35.5. The lowest BCUT2D eigenvalue weighted by atomic mass is 9.95. The van der Waals surface area contributed by atoms with Crippen LogP contribution in [-0.2, 0) is 4.79 Å². The predicted molar refractivity (Wildman–Crippen MR) is 126 cm³/mol. The third-order valence-corrected chi connectivity index (χ3v) is 6.70. The summed E-state index contributed by atoms with van der Waals surface area (Å²) in [5.74, 6) is -0.108. The molecule has 0 unspecified atom stereocenters. The first-order valence-corrected chi connectivity index (χ1v) is 11.5. The molecule has 0 radical (unpaired) electrons. The fourth-order valence-corrected chi connectivity index (χ4v) is 4.68. The van der Waals surface area contributed by atoms with Crippen LogP contribution in [0.5, 0.6) is 0 Å². The number of nitrogens with one attached hydrogen (secondary N) is 1. The third-order valence-electron chi connectivity index (χ3n) is 5.36. The fourth-order valence-electron chi connectivity index (χ4n) is 3.63. The molecule has 0 spiro atoms. The van der Waals surface area contributed by atoms with Gasteiger partial charge in [-0.3, -0.25) is 9.59 Å². The number of amides is 2. The normalized spacial score (nSPS) is 14.3. The van der Waals surface area contributed by atoms with Crippen LogP contribution < -0.4 is 5.32 Å². The summed E-state index contributed by atoms with van der Waals surface area (Å²) < 4.78 is 0. The van der Waals surface area contributed by atoms with E-state index in [4.69, 9.17) is 11.6 Å². The molecule has 4 rings (SSSR count). The molecule has 0 aromatic heterocycles. The van der Waals surface area contributed by atoms with Crippen LogP contribution in [0.3, 0.4) is 0 Å². The number of carbonyl (C=O) groups excluding carboxylic acids is 2. The lowest BCUT2D eigenvalue weighted by molar-refractivity contribution is -0.121. The first-order chi connectivity index (χ1) is 15.1. The molecule has 1 aliphatic rings. The Morgan fingerprint density at radius 2 is 1.52 bits per heavy atom. The average Bonchev–Trinajstić information content (AvgIpc) is 2.81. The summed E-state index contributed by atoms with van der Waals surface area (Å²) in [6.07, 6.45) is 1.30. The topological polar surface area (TPSA) is 49.4 Å². The standard InChI is InChI=1S/C25H23ClN2O2S/c26-20-12-10-19(11-13-20)25(30)28-16-14-18(15-17-28)24(29)27-22-8-4-5-9-23(22)31-21-6-2-1-3-7-21/h1-13,18H,14-17H2,(H,27,29). The van der Waals surface area contributed by atoms with E-state index < -0.39 is 0 Å². The summed E-state index contributed by atoms with van der Waals surface area (Å²) in [6, 6.07) is 24.9. The fraction of sp³-hybridized carbons (Fsp3) is 0.200. The number of carbonyl (C=O) groups is 2. The van der Waals surface area contributed by atoms with Gasteiger partial charge in [-0.2, -0.15) is 0 Å².